The van der Waals surface area contributed by atoms with Crippen LogP contribution in [0.3, 0.4) is 0 Å². The number of ether oxygens (including phenoxy) is 1. The lowest BCUT2D eigenvalue weighted by Gasteiger charge is -2.36. The number of rotatable bonds is 5. The Morgan fingerprint density at radius 3 is 2.80 bits per heavy atom. The van der Waals surface area contributed by atoms with Gasteiger partial charge in [-0.2, -0.15) is 0 Å². The van der Waals surface area contributed by atoms with E-state index in [1.165, 1.54) is 0 Å². The van der Waals surface area contributed by atoms with Gasteiger partial charge in [0.15, 0.2) is 0 Å². The van der Waals surface area contributed by atoms with Gasteiger partial charge in [0, 0.05) is 38.7 Å². The predicted octanol–water partition coefficient (Wildman–Crippen LogP) is 1.65. The van der Waals surface area contributed by atoms with E-state index >= 15 is 0 Å². The summed E-state index contributed by atoms with van der Waals surface area (Å²) in [7, 11) is 0. The average Bonchev–Trinajstić information content (AvgIpc) is 2.95. The minimum Gasteiger partial charge on any atom is -0.378 e. The summed E-state index contributed by atoms with van der Waals surface area (Å²) in [4.78, 5) is 14.8. The molecule has 2 heterocycles. The van der Waals surface area contributed by atoms with Gasteiger partial charge in [-0.3, -0.25) is 4.79 Å². The van der Waals surface area contributed by atoms with E-state index in [-0.39, 0.29) is 0 Å². The Hall–Kier alpha value is -0.610. The molecule has 0 bridgehead atoms. The standard InChI is InChI=1S/C16H28N2O2/c1-3-15-14-9-17-8-12(14)10-18(15)16(19)7-11-5-13(6-11)20-4-2/h11-15,17H,3-10H2,1-2H3. The number of carbonyl (C=O) groups is 1. The van der Waals surface area contributed by atoms with Crippen LogP contribution in [0.5, 0.6) is 0 Å². The summed E-state index contributed by atoms with van der Waals surface area (Å²) in [6.45, 7) is 8.24. The van der Waals surface area contributed by atoms with Crippen LogP contribution in [0.2, 0.25) is 0 Å². The monoisotopic (exact) mass is 280 g/mol. The van der Waals surface area contributed by atoms with Gasteiger partial charge in [-0.1, -0.05) is 6.92 Å². The van der Waals surface area contributed by atoms with E-state index in [1.54, 1.807) is 0 Å². The molecule has 1 amide bonds. The van der Waals surface area contributed by atoms with Crippen LogP contribution in [0.25, 0.3) is 0 Å². The molecule has 4 nitrogen and oxygen atoms in total. The van der Waals surface area contributed by atoms with Gasteiger partial charge in [-0.05, 0) is 43.9 Å². The topological polar surface area (TPSA) is 41.6 Å². The van der Waals surface area contributed by atoms with Crippen molar-refractivity contribution < 1.29 is 9.53 Å². The highest BCUT2D eigenvalue weighted by Crippen LogP contribution is 2.37. The van der Waals surface area contributed by atoms with Crippen molar-refractivity contribution in [1.29, 1.82) is 0 Å². The maximum Gasteiger partial charge on any atom is 0.223 e. The molecule has 2 saturated heterocycles. The molecular formula is C16H28N2O2. The summed E-state index contributed by atoms with van der Waals surface area (Å²) in [5, 5.41) is 3.48. The van der Waals surface area contributed by atoms with Crippen molar-refractivity contribution in [1.82, 2.24) is 10.2 Å². The number of hydrogen-bond donors (Lipinski definition) is 1. The largest absolute Gasteiger partial charge is 0.378 e. The van der Waals surface area contributed by atoms with E-state index in [0.29, 0.717) is 35.8 Å². The average molecular weight is 280 g/mol. The Labute approximate surface area is 122 Å². The zero-order chi connectivity index (χ0) is 14.1. The normalized spacial score (nSPS) is 39.7. The second kappa shape index (κ2) is 6.02. The first-order chi connectivity index (χ1) is 9.72. The molecule has 1 saturated carbocycles. The maximum absolute atomic E-state index is 12.6. The molecule has 1 N–H and O–H groups in total. The molecule has 0 spiro atoms. The van der Waals surface area contributed by atoms with E-state index in [9.17, 15) is 4.79 Å². The third-order valence-corrected chi connectivity index (χ3v) is 5.51. The van der Waals surface area contributed by atoms with E-state index in [1.807, 2.05) is 6.92 Å². The Kier molecular flexibility index (Phi) is 4.32. The molecule has 0 aromatic rings. The van der Waals surface area contributed by atoms with Crippen LogP contribution in [0.4, 0.5) is 0 Å². The second-order valence-electron chi connectivity index (χ2n) is 6.72. The van der Waals surface area contributed by atoms with Gasteiger partial charge < -0.3 is 15.0 Å². The molecule has 20 heavy (non-hydrogen) atoms. The van der Waals surface area contributed by atoms with Crippen LogP contribution in [0.1, 0.15) is 39.5 Å². The van der Waals surface area contributed by atoms with E-state index < -0.39 is 0 Å². The Balaban J connectivity index is 1.50. The van der Waals surface area contributed by atoms with Crippen molar-refractivity contribution in [2.24, 2.45) is 17.8 Å². The van der Waals surface area contributed by atoms with Gasteiger partial charge in [0.05, 0.1) is 6.10 Å². The van der Waals surface area contributed by atoms with Crippen LogP contribution in [-0.2, 0) is 9.53 Å². The zero-order valence-electron chi connectivity index (χ0n) is 12.8. The molecule has 3 aliphatic rings. The highest BCUT2D eigenvalue weighted by Gasteiger charge is 2.45. The Bertz CT molecular complexity index is 354. The molecule has 4 heteroatoms. The van der Waals surface area contributed by atoms with Gasteiger partial charge in [0.1, 0.15) is 0 Å². The van der Waals surface area contributed by atoms with Crippen molar-refractivity contribution >= 4 is 5.91 Å². The molecule has 3 unspecified atom stereocenters. The highest BCUT2D eigenvalue weighted by atomic mass is 16.5. The third kappa shape index (κ3) is 2.60. The number of hydrogen-bond acceptors (Lipinski definition) is 3. The fourth-order valence-corrected chi connectivity index (χ4v) is 4.41. The molecule has 114 valence electrons. The van der Waals surface area contributed by atoms with E-state index in [2.05, 4.69) is 17.1 Å². The van der Waals surface area contributed by atoms with Gasteiger partial charge in [0.25, 0.3) is 0 Å². The first-order valence-electron chi connectivity index (χ1n) is 8.34. The summed E-state index contributed by atoms with van der Waals surface area (Å²) in [6.07, 6.45) is 4.42. The van der Waals surface area contributed by atoms with Gasteiger partial charge in [0.2, 0.25) is 5.91 Å². The Morgan fingerprint density at radius 2 is 2.10 bits per heavy atom. The number of fused-ring (bicyclic) bond motifs is 1. The number of likely N-dealkylation sites (tertiary alicyclic amines) is 1. The lowest BCUT2D eigenvalue weighted by Crippen LogP contribution is -2.42. The summed E-state index contributed by atoms with van der Waals surface area (Å²) in [5.74, 6) is 2.35. The van der Waals surface area contributed by atoms with Crippen LogP contribution in [-0.4, -0.2) is 49.2 Å². The fourth-order valence-electron chi connectivity index (χ4n) is 4.41. The number of amides is 1. The number of nitrogens with zero attached hydrogens (tertiary/aromatic N) is 1. The number of carbonyl (C=O) groups excluding carboxylic acids is 1. The van der Waals surface area contributed by atoms with Crippen LogP contribution >= 0.6 is 0 Å². The fraction of sp³-hybridized carbons (Fsp3) is 0.938. The summed E-state index contributed by atoms with van der Waals surface area (Å²) < 4.78 is 5.58. The minimum atomic E-state index is 0.395. The number of nitrogens with one attached hydrogen (secondary N) is 1. The van der Waals surface area contributed by atoms with Crippen molar-refractivity contribution in [3.63, 3.8) is 0 Å². The van der Waals surface area contributed by atoms with E-state index in [4.69, 9.17) is 4.74 Å². The van der Waals surface area contributed by atoms with E-state index in [0.717, 1.165) is 51.9 Å². The van der Waals surface area contributed by atoms with Crippen LogP contribution in [0, 0.1) is 17.8 Å². The highest BCUT2D eigenvalue weighted by molar-refractivity contribution is 5.77. The third-order valence-electron chi connectivity index (χ3n) is 5.51. The lowest BCUT2D eigenvalue weighted by atomic mass is 9.79. The molecule has 2 aliphatic heterocycles. The molecule has 0 aromatic carbocycles. The minimum absolute atomic E-state index is 0.395. The summed E-state index contributed by atoms with van der Waals surface area (Å²) in [6, 6.07) is 0.477. The molecule has 3 rings (SSSR count). The lowest BCUT2D eigenvalue weighted by molar-refractivity contribution is -0.135. The zero-order valence-corrected chi connectivity index (χ0v) is 12.8. The van der Waals surface area contributed by atoms with Crippen LogP contribution < -0.4 is 5.32 Å². The second-order valence-corrected chi connectivity index (χ2v) is 6.72. The molecule has 0 aromatic heterocycles. The van der Waals surface area contributed by atoms with Crippen molar-refractivity contribution in [3.05, 3.63) is 0 Å². The maximum atomic E-state index is 12.6. The van der Waals surface area contributed by atoms with Gasteiger partial charge in [-0.15, -0.1) is 0 Å². The van der Waals surface area contributed by atoms with Crippen molar-refractivity contribution in [2.75, 3.05) is 26.2 Å². The van der Waals surface area contributed by atoms with Gasteiger partial charge in [-0.25, -0.2) is 0 Å². The van der Waals surface area contributed by atoms with Crippen molar-refractivity contribution in [2.45, 2.75) is 51.7 Å². The van der Waals surface area contributed by atoms with Crippen molar-refractivity contribution in [3.8, 4) is 0 Å². The molecule has 1 aliphatic carbocycles. The van der Waals surface area contributed by atoms with Gasteiger partial charge >= 0.3 is 0 Å². The Morgan fingerprint density at radius 1 is 1.30 bits per heavy atom. The molecule has 0 radical (unpaired) electrons. The molecule has 3 fully saturated rings. The quantitative estimate of drug-likeness (QED) is 0.832. The first-order valence-corrected chi connectivity index (χ1v) is 8.34. The predicted molar refractivity (Wildman–Crippen MR) is 78.4 cm³/mol. The molecule has 3 atom stereocenters. The van der Waals surface area contributed by atoms with Crippen LogP contribution in [0.15, 0.2) is 0 Å². The summed E-state index contributed by atoms with van der Waals surface area (Å²) in [5.41, 5.74) is 0. The first kappa shape index (κ1) is 14.3. The smallest absolute Gasteiger partial charge is 0.223 e. The molecular weight excluding hydrogens is 252 g/mol. The summed E-state index contributed by atoms with van der Waals surface area (Å²) >= 11 is 0. The SMILES string of the molecule is CCOC1CC(CC(=O)N2CC3CNCC3C2CC)C1.